The molecule has 1 aromatic carbocycles. The van der Waals surface area contributed by atoms with E-state index in [2.05, 4.69) is 18.4 Å². The highest BCUT2D eigenvalue weighted by Gasteiger charge is 2.19. The van der Waals surface area contributed by atoms with Crippen molar-refractivity contribution in [3.63, 3.8) is 0 Å². The predicted octanol–water partition coefficient (Wildman–Crippen LogP) is 4.93. The van der Waals surface area contributed by atoms with E-state index in [0.717, 1.165) is 26.6 Å². The van der Waals surface area contributed by atoms with Crippen LogP contribution in [0.2, 0.25) is 0 Å². The Morgan fingerprint density at radius 3 is 2.94 bits per heavy atom. The predicted molar refractivity (Wildman–Crippen MR) is 122 cm³/mol. The number of aliphatic carboxylic acids is 1. The van der Waals surface area contributed by atoms with Crippen LogP contribution in [0.15, 0.2) is 41.3 Å². The van der Waals surface area contributed by atoms with Gasteiger partial charge < -0.3 is 19.0 Å². The highest BCUT2D eigenvalue weighted by molar-refractivity contribution is 8.00. The molecule has 0 saturated heterocycles. The van der Waals surface area contributed by atoms with E-state index in [9.17, 15) is 4.79 Å². The summed E-state index contributed by atoms with van der Waals surface area (Å²) in [5.74, 6) is 8.39. The molecule has 4 rings (SSSR count). The molecular weight excluding hydrogens is 434 g/mol. The number of benzene rings is 1. The molecule has 3 heterocycles. The number of thioether (sulfide) groups is 1. The third kappa shape index (κ3) is 5.13. The lowest BCUT2D eigenvalue weighted by atomic mass is 10.1. The van der Waals surface area contributed by atoms with E-state index < -0.39 is 5.97 Å². The summed E-state index contributed by atoms with van der Waals surface area (Å²) in [6, 6.07) is 9.60. The van der Waals surface area contributed by atoms with Crippen LogP contribution in [0, 0.1) is 11.8 Å². The molecule has 1 aliphatic rings. The third-order valence-corrected chi connectivity index (χ3v) is 6.12. The van der Waals surface area contributed by atoms with Crippen molar-refractivity contribution in [2.45, 2.75) is 13.3 Å². The minimum Gasteiger partial charge on any atom is -0.481 e. The van der Waals surface area contributed by atoms with Crippen LogP contribution in [-0.4, -0.2) is 34.4 Å². The highest BCUT2D eigenvalue weighted by atomic mass is 32.2. The average Bonchev–Trinajstić information content (AvgIpc) is 3.46. The van der Waals surface area contributed by atoms with E-state index in [1.807, 2.05) is 37.3 Å². The Hall–Kier alpha value is -3.15. The first kappa shape index (κ1) is 21.1. The molecule has 8 heteroatoms. The van der Waals surface area contributed by atoms with Crippen LogP contribution in [-0.2, 0) is 11.2 Å². The van der Waals surface area contributed by atoms with Gasteiger partial charge >= 0.3 is 5.97 Å². The third-order valence-electron chi connectivity index (χ3n) is 4.32. The molecular formula is C23H19NO5S2. The van der Waals surface area contributed by atoms with Gasteiger partial charge in [0.15, 0.2) is 17.3 Å². The number of thiophene rings is 1. The topological polar surface area (TPSA) is 81.8 Å². The monoisotopic (exact) mass is 453 g/mol. The van der Waals surface area contributed by atoms with Crippen molar-refractivity contribution in [3.8, 4) is 34.8 Å². The van der Waals surface area contributed by atoms with Crippen LogP contribution in [0.25, 0.3) is 17.0 Å². The van der Waals surface area contributed by atoms with Crippen molar-refractivity contribution in [2.75, 3.05) is 18.3 Å². The Balaban J connectivity index is 1.50. The SMILES string of the molecule is C=C(C)c1oc(-c2ccc3c(c2)OCO3)nc1Cc1ccc(C#CCSCC(=O)O)s1. The lowest BCUT2D eigenvalue weighted by Crippen LogP contribution is -1.97. The van der Waals surface area contributed by atoms with E-state index in [1.54, 1.807) is 11.3 Å². The Labute approximate surface area is 187 Å². The molecule has 0 fully saturated rings. The van der Waals surface area contributed by atoms with Crippen molar-refractivity contribution >= 4 is 34.6 Å². The maximum atomic E-state index is 10.5. The van der Waals surface area contributed by atoms with Gasteiger partial charge in [-0.1, -0.05) is 18.4 Å². The second kappa shape index (κ2) is 9.33. The Morgan fingerprint density at radius 1 is 1.29 bits per heavy atom. The summed E-state index contributed by atoms with van der Waals surface area (Å²) in [5.41, 5.74) is 2.44. The molecule has 3 aromatic rings. The first-order chi connectivity index (χ1) is 15.0. The summed E-state index contributed by atoms with van der Waals surface area (Å²) in [6.45, 7) is 6.14. The number of carbonyl (C=O) groups is 1. The number of hydrogen-bond donors (Lipinski definition) is 1. The van der Waals surface area contributed by atoms with Crippen molar-refractivity contribution in [1.29, 1.82) is 0 Å². The van der Waals surface area contributed by atoms with Crippen LogP contribution in [0.4, 0.5) is 0 Å². The number of carboxylic acids is 1. The van der Waals surface area contributed by atoms with E-state index >= 15 is 0 Å². The van der Waals surface area contributed by atoms with Gasteiger partial charge in [0.1, 0.15) is 0 Å². The van der Waals surface area contributed by atoms with Crippen molar-refractivity contribution < 1.29 is 23.8 Å². The zero-order valence-electron chi connectivity index (χ0n) is 16.8. The van der Waals surface area contributed by atoms with Gasteiger partial charge in [0.05, 0.1) is 22.1 Å². The molecule has 1 N–H and O–H groups in total. The number of allylic oxidation sites excluding steroid dienone is 1. The summed E-state index contributed by atoms with van der Waals surface area (Å²) in [4.78, 5) is 17.3. The first-order valence-electron chi connectivity index (χ1n) is 9.42. The molecule has 0 unspecified atom stereocenters. The lowest BCUT2D eigenvalue weighted by Gasteiger charge is -1.98. The first-order valence-corrected chi connectivity index (χ1v) is 11.4. The summed E-state index contributed by atoms with van der Waals surface area (Å²) in [6.07, 6.45) is 0.607. The van der Waals surface area contributed by atoms with Gasteiger partial charge in [0, 0.05) is 16.9 Å². The van der Waals surface area contributed by atoms with Crippen molar-refractivity contribution in [2.24, 2.45) is 0 Å². The number of carboxylic acid groups (broad SMARTS) is 1. The van der Waals surface area contributed by atoms with E-state index in [1.165, 1.54) is 11.8 Å². The maximum Gasteiger partial charge on any atom is 0.313 e. The zero-order chi connectivity index (χ0) is 21.8. The largest absolute Gasteiger partial charge is 0.481 e. The minimum atomic E-state index is -0.828. The molecule has 1 aliphatic heterocycles. The smallest absolute Gasteiger partial charge is 0.313 e. The summed E-state index contributed by atoms with van der Waals surface area (Å²) < 4.78 is 16.8. The molecule has 0 amide bonds. The van der Waals surface area contributed by atoms with E-state index in [-0.39, 0.29) is 12.5 Å². The number of hydrogen-bond acceptors (Lipinski definition) is 7. The Bertz CT molecular complexity index is 1200. The number of aromatic nitrogens is 1. The molecule has 0 radical (unpaired) electrons. The normalized spacial score (nSPS) is 11.8. The number of ether oxygens (including phenoxy) is 2. The molecule has 0 aliphatic carbocycles. The Kier molecular flexibility index (Phi) is 6.35. The molecule has 0 bridgehead atoms. The van der Waals surface area contributed by atoms with E-state index in [0.29, 0.717) is 35.3 Å². The highest BCUT2D eigenvalue weighted by Crippen LogP contribution is 2.37. The quantitative estimate of drug-likeness (QED) is 0.401. The molecule has 2 aromatic heterocycles. The molecule has 0 saturated carbocycles. The van der Waals surface area contributed by atoms with Gasteiger partial charge in [0.25, 0.3) is 0 Å². The average molecular weight is 454 g/mol. The van der Waals surface area contributed by atoms with Crippen LogP contribution in [0.1, 0.15) is 28.1 Å². The van der Waals surface area contributed by atoms with Gasteiger partial charge in [0.2, 0.25) is 12.7 Å². The maximum absolute atomic E-state index is 10.5. The molecule has 31 heavy (non-hydrogen) atoms. The van der Waals surface area contributed by atoms with Gasteiger partial charge in [-0.05, 0) is 42.8 Å². The number of rotatable bonds is 7. The van der Waals surface area contributed by atoms with Crippen molar-refractivity contribution in [1.82, 2.24) is 4.98 Å². The number of oxazole rings is 1. The van der Waals surface area contributed by atoms with E-state index in [4.69, 9.17) is 24.0 Å². The summed E-state index contributed by atoms with van der Waals surface area (Å²) in [5, 5.41) is 8.65. The van der Waals surface area contributed by atoms with Gasteiger partial charge in [-0.15, -0.1) is 23.1 Å². The van der Waals surface area contributed by atoms with Crippen LogP contribution in [0.5, 0.6) is 11.5 Å². The fourth-order valence-corrected chi connectivity index (χ4v) is 4.31. The zero-order valence-corrected chi connectivity index (χ0v) is 18.4. The fourth-order valence-electron chi connectivity index (χ4n) is 2.98. The molecule has 158 valence electrons. The summed E-state index contributed by atoms with van der Waals surface area (Å²) in [7, 11) is 0. The number of nitrogens with zero attached hydrogens (tertiary/aromatic N) is 1. The number of fused-ring (bicyclic) bond motifs is 1. The van der Waals surface area contributed by atoms with Crippen LogP contribution >= 0.6 is 23.1 Å². The van der Waals surface area contributed by atoms with Gasteiger partial charge in [-0.25, -0.2) is 4.98 Å². The molecule has 0 spiro atoms. The minimum absolute atomic E-state index is 0.0614. The Morgan fingerprint density at radius 2 is 2.13 bits per heavy atom. The summed E-state index contributed by atoms with van der Waals surface area (Å²) >= 11 is 2.87. The van der Waals surface area contributed by atoms with Gasteiger partial charge in [-0.2, -0.15) is 0 Å². The van der Waals surface area contributed by atoms with Crippen LogP contribution in [0.3, 0.4) is 0 Å². The van der Waals surface area contributed by atoms with Gasteiger partial charge in [-0.3, -0.25) is 4.79 Å². The molecule has 0 atom stereocenters. The second-order valence-corrected chi connectivity index (χ2v) is 8.93. The van der Waals surface area contributed by atoms with Crippen molar-refractivity contribution in [3.05, 3.63) is 58.1 Å². The second-order valence-electron chi connectivity index (χ2n) is 6.77. The standard InChI is InChI=1S/C23H19NO5S2/c1-14(2)22-18(11-17-7-6-16(31-17)4-3-9-30-12-21(25)26)24-23(29-22)15-5-8-19-20(10-15)28-13-27-19/h5-8,10H,1,9,11-13H2,2H3,(H,25,26). The molecule has 6 nitrogen and oxygen atoms in total. The lowest BCUT2D eigenvalue weighted by molar-refractivity contribution is -0.133. The van der Waals surface area contributed by atoms with Crippen LogP contribution < -0.4 is 9.47 Å². The fraction of sp³-hybridized carbons (Fsp3) is 0.217.